The molecule has 0 fully saturated rings. The number of amides is 2. The first kappa shape index (κ1) is 12.6. The van der Waals surface area contributed by atoms with Gasteiger partial charge in [-0.2, -0.15) is 5.48 Å². The third-order valence-corrected chi connectivity index (χ3v) is 1.71. The molecule has 0 aliphatic rings. The molecule has 17 heavy (non-hydrogen) atoms. The summed E-state index contributed by atoms with van der Waals surface area (Å²) in [6.45, 7) is 4.81. The number of benzene rings is 1. The topological polar surface area (TPSA) is 87.7 Å². The lowest BCUT2D eigenvalue weighted by Crippen LogP contribution is -2.31. The lowest BCUT2D eigenvalue weighted by Gasteiger charge is -2.07. The summed E-state index contributed by atoms with van der Waals surface area (Å²) in [6.07, 6.45) is 0. The van der Waals surface area contributed by atoms with Crippen LogP contribution in [0.2, 0.25) is 0 Å². The molecule has 90 valence electrons. The average molecular weight is 236 g/mol. The Morgan fingerprint density at radius 3 is 2.41 bits per heavy atom. The van der Waals surface area contributed by atoms with Gasteiger partial charge >= 0.3 is 12.0 Å². The van der Waals surface area contributed by atoms with E-state index in [4.69, 9.17) is 5.11 Å². The standard InChI is InChI=1S/C11H12N2O4/c1-7(2)10(15)17-13-11(16)12-8-3-5-9(14)6-4-8/h3-6,14H,1H2,2H3,(H2,12,13,16). The van der Waals surface area contributed by atoms with Gasteiger partial charge in [-0.15, -0.1) is 0 Å². The van der Waals surface area contributed by atoms with E-state index >= 15 is 0 Å². The van der Waals surface area contributed by atoms with Crippen LogP contribution in [0.25, 0.3) is 0 Å². The lowest BCUT2D eigenvalue weighted by atomic mass is 10.3. The van der Waals surface area contributed by atoms with Gasteiger partial charge in [0.15, 0.2) is 0 Å². The largest absolute Gasteiger partial charge is 0.508 e. The summed E-state index contributed by atoms with van der Waals surface area (Å²) >= 11 is 0. The van der Waals surface area contributed by atoms with E-state index in [0.29, 0.717) is 5.69 Å². The predicted octanol–water partition coefficient (Wildman–Crippen LogP) is 1.55. The van der Waals surface area contributed by atoms with Gasteiger partial charge in [0.1, 0.15) is 5.75 Å². The molecule has 0 aromatic heterocycles. The van der Waals surface area contributed by atoms with Crippen LogP contribution in [0.3, 0.4) is 0 Å². The van der Waals surface area contributed by atoms with Crippen molar-refractivity contribution in [3.8, 4) is 5.75 Å². The Balaban J connectivity index is 2.42. The number of aromatic hydroxyl groups is 1. The van der Waals surface area contributed by atoms with Gasteiger partial charge in [0.25, 0.3) is 0 Å². The van der Waals surface area contributed by atoms with Crippen molar-refractivity contribution in [2.75, 3.05) is 5.32 Å². The number of anilines is 1. The first-order chi connectivity index (χ1) is 7.99. The van der Waals surface area contributed by atoms with Crippen molar-refractivity contribution in [1.82, 2.24) is 5.48 Å². The summed E-state index contributed by atoms with van der Waals surface area (Å²) in [5.41, 5.74) is 2.53. The molecule has 0 saturated heterocycles. The Kier molecular flexibility index (Phi) is 4.10. The molecule has 1 aromatic carbocycles. The van der Waals surface area contributed by atoms with E-state index in [1.54, 1.807) is 0 Å². The van der Waals surface area contributed by atoms with Crippen molar-refractivity contribution >= 4 is 17.7 Å². The summed E-state index contributed by atoms with van der Waals surface area (Å²) in [4.78, 5) is 26.6. The molecule has 0 unspecified atom stereocenters. The molecule has 2 amide bonds. The normalized spacial score (nSPS) is 9.24. The molecule has 3 N–H and O–H groups in total. The van der Waals surface area contributed by atoms with Gasteiger partial charge in [0.05, 0.1) is 0 Å². The summed E-state index contributed by atoms with van der Waals surface area (Å²) < 4.78 is 0. The second-order valence-electron chi connectivity index (χ2n) is 3.27. The second kappa shape index (κ2) is 5.55. The molecule has 6 heteroatoms. The third kappa shape index (κ3) is 4.25. The van der Waals surface area contributed by atoms with E-state index in [1.165, 1.54) is 31.2 Å². The van der Waals surface area contributed by atoms with Crippen LogP contribution in [0.15, 0.2) is 36.4 Å². The van der Waals surface area contributed by atoms with E-state index in [-0.39, 0.29) is 11.3 Å². The number of rotatable bonds is 2. The zero-order valence-electron chi connectivity index (χ0n) is 9.19. The van der Waals surface area contributed by atoms with Crippen molar-refractivity contribution < 1.29 is 19.5 Å². The van der Waals surface area contributed by atoms with Crippen LogP contribution >= 0.6 is 0 Å². The fourth-order valence-corrected chi connectivity index (χ4v) is 0.881. The Morgan fingerprint density at radius 1 is 1.29 bits per heavy atom. The number of carbonyl (C=O) groups is 2. The molecule has 1 aromatic rings. The Bertz CT molecular complexity index is 439. The maximum Gasteiger partial charge on any atom is 0.358 e. The van der Waals surface area contributed by atoms with Gasteiger partial charge < -0.3 is 15.3 Å². The third-order valence-electron chi connectivity index (χ3n) is 1.71. The van der Waals surface area contributed by atoms with Gasteiger partial charge in [-0.05, 0) is 31.2 Å². The van der Waals surface area contributed by atoms with Crippen LogP contribution in [0.5, 0.6) is 5.75 Å². The predicted molar refractivity (Wildman–Crippen MR) is 61.2 cm³/mol. The van der Waals surface area contributed by atoms with Crippen LogP contribution in [-0.4, -0.2) is 17.1 Å². The molecule has 1 rings (SSSR count). The van der Waals surface area contributed by atoms with Gasteiger partial charge in [-0.1, -0.05) is 6.58 Å². The van der Waals surface area contributed by atoms with E-state index in [2.05, 4.69) is 16.7 Å². The van der Waals surface area contributed by atoms with E-state index < -0.39 is 12.0 Å². The molecule has 0 saturated carbocycles. The first-order valence-corrected chi connectivity index (χ1v) is 4.72. The second-order valence-corrected chi connectivity index (χ2v) is 3.27. The van der Waals surface area contributed by atoms with E-state index in [0.717, 1.165) is 0 Å². The van der Waals surface area contributed by atoms with Gasteiger partial charge in [-0.3, -0.25) is 0 Å². The highest BCUT2D eigenvalue weighted by Gasteiger charge is 2.07. The molecular formula is C11H12N2O4. The highest BCUT2D eigenvalue weighted by molar-refractivity contribution is 5.91. The zero-order chi connectivity index (χ0) is 12.8. The van der Waals surface area contributed by atoms with Crippen LogP contribution in [0, 0.1) is 0 Å². The van der Waals surface area contributed by atoms with E-state index in [9.17, 15) is 9.59 Å². The van der Waals surface area contributed by atoms with E-state index in [1.807, 2.05) is 5.48 Å². The zero-order valence-corrected chi connectivity index (χ0v) is 9.19. The molecule has 0 aliphatic carbocycles. The Labute approximate surface area is 97.9 Å². The molecular weight excluding hydrogens is 224 g/mol. The number of hydrogen-bond donors (Lipinski definition) is 3. The summed E-state index contributed by atoms with van der Waals surface area (Å²) in [5.74, 6) is -0.629. The SMILES string of the molecule is C=C(C)C(=O)ONC(=O)Nc1ccc(O)cc1. The number of urea groups is 1. The van der Waals surface area contributed by atoms with Gasteiger partial charge in [-0.25, -0.2) is 9.59 Å². The fraction of sp³-hybridized carbons (Fsp3) is 0.0909. The van der Waals surface area contributed by atoms with Crippen LogP contribution in [0.1, 0.15) is 6.92 Å². The summed E-state index contributed by atoms with van der Waals surface area (Å²) in [7, 11) is 0. The number of hydroxylamine groups is 1. The summed E-state index contributed by atoms with van der Waals surface area (Å²) in [6, 6.07) is 5.11. The van der Waals surface area contributed by atoms with Crippen molar-refractivity contribution in [3.63, 3.8) is 0 Å². The highest BCUT2D eigenvalue weighted by Crippen LogP contribution is 2.13. The molecule has 6 nitrogen and oxygen atoms in total. The quantitative estimate of drug-likeness (QED) is 0.413. The smallest absolute Gasteiger partial charge is 0.358 e. The minimum Gasteiger partial charge on any atom is -0.508 e. The monoisotopic (exact) mass is 236 g/mol. The molecule has 0 bridgehead atoms. The molecule has 0 heterocycles. The molecule has 0 spiro atoms. The Morgan fingerprint density at radius 2 is 1.88 bits per heavy atom. The van der Waals surface area contributed by atoms with Crippen molar-refractivity contribution in [1.29, 1.82) is 0 Å². The number of hydrogen-bond acceptors (Lipinski definition) is 4. The highest BCUT2D eigenvalue weighted by atomic mass is 16.7. The Hall–Kier alpha value is -2.50. The van der Waals surface area contributed by atoms with Crippen molar-refractivity contribution in [2.45, 2.75) is 6.92 Å². The lowest BCUT2D eigenvalue weighted by molar-refractivity contribution is -0.143. The number of nitrogens with one attached hydrogen (secondary N) is 2. The molecule has 0 atom stereocenters. The van der Waals surface area contributed by atoms with Crippen LogP contribution in [0.4, 0.5) is 10.5 Å². The maximum atomic E-state index is 11.2. The number of phenolic OH excluding ortho intramolecular Hbond substituents is 1. The minimum atomic E-state index is -0.717. The van der Waals surface area contributed by atoms with Gasteiger partial charge in [0.2, 0.25) is 0 Å². The molecule has 0 radical (unpaired) electrons. The van der Waals surface area contributed by atoms with Crippen LogP contribution < -0.4 is 10.8 Å². The average Bonchev–Trinajstić information content (AvgIpc) is 2.29. The molecule has 0 aliphatic heterocycles. The van der Waals surface area contributed by atoms with Crippen molar-refractivity contribution in [3.05, 3.63) is 36.4 Å². The van der Waals surface area contributed by atoms with Crippen LogP contribution in [-0.2, 0) is 9.63 Å². The maximum absolute atomic E-state index is 11.2. The number of phenols is 1. The number of carbonyl (C=O) groups excluding carboxylic acids is 2. The minimum absolute atomic E-state index is 0.0877. The fourth-order valence-electron chi connectivity index (χ4n) is 0.881. The summed E-state index contributed by atoms with van der Waals surface area (Å²) in [5, 5.41) is 11.4. The van der Waals surface area contributed by atoms with Crippen molar-refractivity contribution in [2.24, 2.45) is 0 Å². The first-order valence-electron chi connectivity index (χ1n) is 4.72. The van der Waals surface area contributed by atoms with Gasteiger partial charge in [0, 0.05) is 11.3 Å².